The van der Waals surface area contributed by atoms with Crippen molar-refractivity contribution in [3.05, 3.63) is 42.0 Å². The smallest absolute Gasteiger partial charge is 0.233 e. The van der Waals surface area contributed by atoms with E-state index in [0.717, 1.165) is 0 Å². The number of sulfonamides is 1. The van der Waals surface area contributed by atoms with Crippen molar-refractivity contribution in [1.82, 2.24) is 19.1 Å². The third-order valence-electron chi connectivity index (χ3n) is 3.26. The van der Waals surface area contributed by atoms with Crippen LogP contribution in [0.1, 0.15) is 32.4 Å². The van der Waals surface area contributed by atoms with Crippen LogP contribution in [0.15, 0.2) is 35.7 Å². The predicted molar refractivity (Wildman–Crippen MR) is 80.1 cm³/mol. The van der Waals surface area contributed by atoms with Crippen molar-refractivity contribution in [2.45, 2.75) is 38.5 Å². The number of aromatic nitrogens is 3. The van der Waals surface area contributed by atoms with E-state index >= 15 is 0 Å². The minimum Gasteiger partial charge on any atom is -0.233 e. The summed E-state index contributed by atoms with van der Waals surface area (Å²) in [6.07, 6.45) is 1.21. The zero-order valence-corrected chi connectivity index (χ0v) is 13.6. The Kier molecular flexibility index (Phi) is 4.92. The topological polar surface area (TPSA) is 68.1 Å². The van der Waals surface area contributed by atoms with Gasteiger partial charge < -0.3 is 0 Å². The molecule has 22 heavy (non-hydrogen) atoms. The van der Waals surface area contributed by atoms with Crippen molar-refractivity contribution in [2.24, 2.45) is 0 Å². The summed E-state index contributed by atoms with van der Waals surface area (Å²) in [5, 5.41) is 3.82. The predicted octanol–water partition coefficient (Wildman–Crippen LogP) is 2.21. The zero-order chi connectivity index (χ0) is 16.3. The molecule has 0 N–H and O–H groups in total. The lowest BCUT2D eigenvalue weighted by Crippen LogP contribution is -2.33. The molecule has 1 aromatic heterocycles. The monoisotopic (exact) mass is 326 g/mol. The molecule has 1 heterocycles. The van der Waals surface area contributed by atoms with E-state index in [1.807, 2.05) is 13.8 Å². The van der Waals surface area contributed by atoms with Gasteiger partial charge in [-0.2, -0.15) is 9.40 Å². The van der Waals surface area contributed by atoms with Crippen LogP contribution in [0.2, 0.25) is 0 Å². The van der Waals surface area contributed by atoms with E-state index in [2.05, 4.69) is 10.1 Å². The van der Waals surface area contributed by atoms with Crippen LogP contribution >= 0.6 is 0 Å². The third kappa shape index (κ3) is 3.17. The Bertz CT molecular complexity index is 743. The van der Waals surface area contributed by atoms with Crippen LogP contribution in [-0.4, -0.2) is 34.0 Å². The molecule has 120 valence electrons. The maximum absolute atomic E-state index is 13.8. The largest absolute Gasteiger partial charge is 0.278 e. The first-order chi connectivity index (χ1) is 10.4. The molecule has 0 saturated heterocycles. The molecule has 0 fully saturated rings. The first kappa shape index (κ1) is 16.6. The van der Waals surface area contributed by atoms with Crippen molar-refractivity contribution < 1.29 is 12.8 Å². The van der Waals surface area contributed by atoms with E-state index in [1.54, 1.807) is 25.1 Å². The Morgan fingerprint density at radius 3 is 2.59 bits per heavy atom. The molecular weight excluding hydrogens is 307 g/mol. The second kappa shape index (κ2) is 6.53. The molecular formula is C14H19FN4O2S. The molecule has 8 heteroatoms. The maximum Gasteiger partial charge on any atom is 0.278 e. The average molecular weight is 326 g/mol. The molecule has 6 nitrogen and oxygen atoms in total. The first-order valence-electron chi connectivity index (χ1n) is 7.01. The summed E-state index contributed by atoms with van der Waals surface area (Å²) in [4.78, 5) is 3.87. The molecule has 0 aliphatic carbocycles. The highest BCUT2D eigenvalue weighted by atomic mass is 32.2. The van der Waals surface area contributed by atoms with Gasteiger partial charge in [0.05, 0.1) is 0 Å². The highest BCUT2D eigenvalue weighted by Crippen LogP contribution is 2.19. The lowest BCUT2D eigenvalue weighted by molar-refractivity contribution is 0.395. The molecule has 0 aliphatic rings. The highest BCUT2D eigenvalue weighted by Gasteiger charge is 2.30. The molecule has 0 aliphatic heterocycles. The van der Waals surface area contributed by atoms with Crippen molar-refractivity contribution >= 4 is 10.0 Å². The quantitative estimate of drug-likeness (QED) is 0.816. The Morgan fingerprint density at radius 1 is 1.32 bits per heavy atom. The van der Waals surface area contributed by atoms with E-state index in [1.165, 1.54) is 21.4 Å². The van der Waals surface area contributed by atoms with Gasteiger partial charge in [0.1, 0.15) is 12.1 Å². The Morgan fingerprint density at radius 2 is 2.00 bits per heavy atom. The van der Waals surface area contributed by atoms with Gasteiger partial charge in [-0.3, -0.25) is 0 Å². The summed E-state index contributed by atoms with van der Waals surface area (Å²) < 4.78 is 41.8. The standard InChI is InChI=1S/C14H19FN4O2S/c1-4-18(9-12-7-5-6-8-13(12)15)22(20,21)14-16-10-17-19(14)11(2)3/h5-8,10-11H,4,9H2,1-3H3. The summed E-state index contributed by atoms with van der Waals surface area (Å²) >= 11 is 0. The Balaban J connectivity index is 2.37. The lowest BCUT2D eigenvalue weighted by Gasteiger charge is -2.21. The highest BCUT2D eigenvalue weighted by molar-refractivity contribution is 7.88. The molecule has 0 amide bonds. The molecule has 0 unspecified atom stereocenters. The summed E-state index contributed by atoms with van der Waals surface area (Å²) in [5.41, 5.74) is 0.323. The number of nitrogens with zero attached hydrogens (tertiary/aromatic N) is 4. The van der Waals surface area contributed by atoms with Gasteiger partial charge in [-0.25, -0.2) is 22.5 Å². The summed E-state index contributed by atoms with van der Waals surface area (Å²) in [7, 11) is -3.84. The molecule has 0 saturated carbocycles. The maximum atomic E-state index is 13.8. The van der Waals surface area contributed by atoms with E-state index in [-0.39, 0.29) is 24.3 Å². The number of hydrogen-bond acceptors (Lipinski definition) is 4. The number of benzene rings is 1. The molecule has 0 bridgehead atoms. The van der Waals surface area contributed by atoms with Gasteiger partial charge in [0.25, 0.3) is 15.2 Å². The summed E-state index contributed by atoms with van der Waals surface area (Å²) in [5.74, 6) is -0.429. The van der Waals surface area contributed by atoms with Crippen LogP contribution in [0.5, 0.6) is 0 Å². The van der Waals surface area contributed by atoms with Gasteiger partial charge in [0.15, 0.2) is 0 Å². The Hall–Kier alpha value is -1.80. The normalized spacial score (nSPS) is 12.3. The molecule has 1 aromatic carbocycles. The minimum absolute atomic E-state index is 0.0452. The fraction of sp³-hybridized carbons (Fsp3) is 0.429. The summed E-state index contributed by atoms with van der Waals surface area (Å²) in [6.45, 7) is 5.51. The van der Waals surface area contributed by atoms with E-state index in [4.69, 9.17) is 0 Å². The van der Waals surface area contributed by atoms with Crippen LogP contribution < -0.4 is 0 Å². The molecule has 0 atom stereocenters. The van der Waals surface area contributed by atoms with Crippen LogP contribution in [0.3, 0.4) is 0 Å². The van der Waals surface area contributed by atoms with Gasteiger partial charge in [0.2, 0.25) is 0 Å². The van der Waals surface area contributed by atoms with Crippen LogP contribution in [0.25, 0.3) is 0 Å². The lowest BCUT2D eigenvalue weighted by atomic mass is 10.2. The second-order valence-electron chi connectivity index (χ2n) is 5.10. The fourth-order valence-corrected chi connectivity index (χ4v) is 3.63. The van der Waals surface area contributed by atoms with Crippen molar-refractivity contribution in [2.75, 3.05) is 6.54 Å². The van der Waals surface area contributed by atoms with E-state index in [9.17, 15) is 12.8 Å². The van der Waals surface area contributed by atoms with Crippen LogP contribution in [0.4, 0.5) is 4.39 Å². The molecule has 2 aromatic rings. The Labute approximate surface area is 129 Å². The fourth-order valence-electron chi connectivity index (χ4n) is 2.08. The van der Waals surface area contributed by atoms with Crippen LogP contribution in [0, 0.1) is 5.82 Å². The third-order valence-corrected chi connectivity index (χ3v) is 5.08. The van der Waals surface area contributed by atoms with Gasteiger partial charge in [-0.05, 0) is 19.9 Å². The summed E-state index contributed by atoms with van der Waals surface area (Å²) in [6, 6.07) is 5.99. The van der Waals surface area contributed by atoms with Crippen molar-refractivity contribution in [3.8, 4) is 0 Å². The average Bonchev–Trinajstić information content (AvgIpc) is 2.96. The number of halogens is 1. The first-order valence-corrected chi connectivity index (χ1v) is 8.45. The molecule has 0 spiro atoms. The van der Waals surface area contributed by atoms with E-state index < -0.39 is 15.8 Å². The van der Waals surface area contributed by atoms with Crippen molar-refractivity contribution in [3.63, 3.8) is 0 Å². The minimum atomic E-state index is -3.84. The van der Waals surface area contributed by atoms with Crippen LogP contribution in [-0.2, 0) is 16.6 Å². The van der Waals surface area contributed by atoms with Gasteiger partial charge >= 0.3 is 0 Å². The van der Waals surface area contributed by atoms with Crippen molar-refractivity contribution in [1.29, 1.82) is 0 Å². The van der Waals surface area contributed by atoms with E-state index in [0.29, 0.717) is 5.56 Å². The van der Waals surface area contributed by atoms with Gasteiger partial charge in [-0.15, -0.1) is 0 Å². The second-order valence-corrected chi connectivity index (χ2v) is 6.94. The molecule has 0 radical (unpaired) electrons. The SMILES string of the molecule is CCN(Cc1ccccc1F)S(=O)(=O)c1ncnn1C(C)C. The molecule has 2 rings (SSSR count). The number of hydrogen-bond donors (Lipinski definition) is 0. The number of rotatable bonds is 6. The van der Waals surface area contributed by atoms with Gasteiger partial charge in [0, 0.05) is 24.7 Å². The van der Waals surface area contributed by atoms with Gasteiger partial charge in [-0.1, -0.05) is 25.1 Å². The zero-order valence-electron chi connectivity index (χ0n) is 12.8.